The van der Waals surface area contributed by atoms with Gasteiger partial charge in [0.15, 0.2) is 11.6 Å². The van der Waals surface area contributed by atoms with Crippen molar-refractivity contribution in [1.29, 1.82) is 0 Å². The zero-order chi connectivity index (χ0) is 20.4. The number of rotatable bonds is 5. The number of likely N-dealkylation sites (tertiary alicyclic amines) is 1. The fraction of sp³-hybridized carbons (Fsp3) is 0.333. The number of hydrogen-bond donors (Lipinski definition) is 2. The van der Waals surface area contributed by atoms with E-state index in [0.717, 1.165) is 13.1 Å². The van der Waals surface area contributed by atoms with E-state index in [-0.39, 0.29) is 11.8 Å². The lowest BCUT2D eigenvalue weighted by atomic mass is 10.0. The van der Waals surface area contributed by atoms with Crippen LogP contribution in [-0.4, -0.2) is 46.7 Å². The van der Waals surface area contributed by atoms with Crippen LogP contribution in [-0.2, 0) is 0 Å². The Bertz CT molecular complexity index is 1020. The predicted octanol–water partition coefficient (Wildman–Crippen LogP) is 3.99. The van der Waals surface area contributed by atoms with Crippen LogP contribution in [0.3, 0.4) is 0 Å². The van der Waals surface area contributed by atoms with Crippen molar-refractivity contribution in [3.05, 3.63) is 48.5 Å². The summed E-state index contributed by atoms with van der Waals surface area (Å²) in [5, 5.41) is 3.82. The van der Waals surface area contributed by atoms with Gasteiger partial charge >= 0.3 is 0 Å². The fourth-order valence-electron chi connectivity index (χ4n) is 3.51. The van der Waals surface area contributed by atoms with Gasteiger partial charge < -0.3 is 20.7 Å². The molecule has 3 heterocycles. The molecule has 2 atom stereocenters. The molecule has 0 aliphatic carbocycles. The van der Waals surface area contributed by atoms with E-state index >= 15 is 0 Å². The zero-order valence-electron chi connectivity index (χ0n) is 16.1. The third-order valence-corrected chi connectivity index (χ3v) is 5.17. The molecule has 1 fully saturated rings. The standard InChI is InChI=1S/C21H23F2N5O/c1-2-28-8-6-17(16(23)12-28)27-21-10-18-14(11-26-21)19(5-7-25-18)29-20-4-3-13(24)9-15(20)22/h3-5,7,9-11,16-17H,2,6,8,12,24H2,1H3,(H,26,27). The lowest BCUT2D eigenvalue weighted by molar-refractivity contribution is 0.131. The first-order valence-corrected chi connectivity index (χ1v) is 9.64. The average molecular weight is 399 g/mol. The molecule has 1 aromatic carbocycles. The Labute approximate surface area is 167 Å². The van der Waals surface area contributed by atoms with Crippen LogP contribution in [0.15, 0.2) is 42.7 Å². The number of nitrogen functional groups attached to an aromatic ring is 1. The van der Waals surface area contributed by atoms with Crippen LogP contribution in [0.1, 0.15) is 13.3 Å². The van der Waals surface area contributed by atoms with Gasteiger partial charge in [-0.05, 0) is 31.2 Å². The molecule has 4 rings (SSSR count). The number of nitrogens with zero attached hydrogens (tertiary/aromatic N) is 3. The van der Waals surface area contributed by atoms with Crippen LogP contribution in [0.2, 0.25) is 0 Å². The predicted molar refractivity (Wildman–Crippen MR) is 109 cm³/mol. The SMILES string of the molecule is CCN1CCC(Nc2cc3nccc(Oc4ccc(N)cc4F)c3cn2)C(F)C1. The minimum Gasteiger partial charge on any atom is -0.453 e. The number of nitrogens with one attached hydrogen (secondary N) is 1. The van der Waals surface area contributed by atoms with Gasteiger partial charge in [0.1, 0.15) is 17.7 Å². The highest BCUT2D eigenvalue weighted by atomic mass is 19.1. The number of hydrogen-bond acceptors (Lipinski definition) is 6. The summed E-state index contributed by atoms with van der Waals surface area (Å²) in [6.07, 6.45) is 2.93. The molecule has 0 saturated carbocycles. The molecule has 2 unspecified atom stereocenters. The molecule has 3 N–H and O–H groups in total. The lowest BCUT2D eigenvalue weighted by Gasteiger charge is -2.34. The van der Waals surface area contributed by atoms with Gasteiger partial charge in [0.05, 0.1) is 16.9 Å². The lowest BCUT2D eigenvalue weighted by Crippen LogP contribution is -2.47. The minimum absolute atomic E-state index is 0.0665. The van der Waals surface area contributed by atoms with Crippen LogP contribution in [0.25, 0.3) is 10.9 Å². The third-order valence-electron chi connectivity index (χ3n) is 5.17. The van der Waals surface area contributed by atoms with Crippen molar-refractivity contribution >= 4 is 22.4 Å². The number of aromatic nitrogens is 2. The maximum Gasteiger partial charge on any atom is 0.167 e. The summed E-state index contributed by atoms with van der Waals surface area (Å²) < 4.78 is 34.2. The molecule has 6 nitrogen and oxygen atoms in total. The van der Waals surface area contributed by atoms with E-state index in [9.17, 15) is 8.78 Å². The van der Waals surface area contributed by atoms with Gasteiger partial charge in [0.25, 0.3) is 0 Å². The zero-order valence-corrected chi connectivity index (χ0v) is 16.1. The summed E-state index contributed by atoms with van der Waals surface area (Å²) in [4.78, 5) is 10.8. The summed E-state index contributed by atoms with van der Waals surface area (Å²) in [5.41, 5.74) is 6.52. The van der Waals surface area contributed by atoms with Crippen molar-refractivity contribution in [2.45, 2.75) is 25.6 Å². The molecule has 3 aromatic rings. The van der Waals surface area contributed by atoms with Crippen molar-refractivity contribution in [1.82, 2.24) is 14.9 Å². The van der Waals surface area contributed by atoms with Crippen LogP contribution in [0.4, 0.5) is 20.3 Å². The Hall–Kier alpha value is -3.00. The average Bonchev–Trinajstić information content (AvgIpc) is 2.71. The summed E-state index contributed by atoms with van der Waals surface area (Å²) >= 11 is 0. The molecule has 1 aliphatic rings. The largest absolute Gasteiger partial charge is 0.453 e. The van der Waals surface area contributed by atoms with Gasteiger partial charge in [0.2, 0.25) is 0 Å². The highest BCUT2D eigenvalue weighted by Crippen LogP contribution is 2.31. The number of nitrogens with two attached hydrogens (primary N) is 1. The summed E-state index contributed by atoms with van der Waals surface area (Å²) in [6, 6.07) is 7.36. The van der Waals surface area contributed by atoms with Gasteiger partial charge in [-0.15, -0.1) is 0 Å². The van der Waals surface area contributed by atoms with Crippen molar-refractivity contribution in [3.8, 4) is 11.5 Å². The first-order valence-electron chi connectivity index (χ1n) is 9.64. The number of halogens is 2. The van der Waals surface area contributed by atoms with E-state index in [0.29, 0.717) is 41.1 Å². The van der Waals surface area contributed by atoms with Crippen molar-refractivity contribution in [2.75, 3.05) is 30.7 Å². The Morgan fingerprint density at radius 1 is 1.24 bits per heavy atom. The second-order valence-corrected chi connectivity index (χ2v) is 7.14. The summed E-state index contributed by atoms with van der Waals surface area (Å²) in [6.45, 7) is 4.16. The van der Waals surface area contributed by atoms with Gasteiger partial charge in [0, 0.05) is 43.3 Å². The number of ether oxygens (including phenoxy) is 1. The highest BCUT2D eigenvalue weighted by Gasteiger charge is 2.28. The molecule has 0 amide bonds. The van der Waals surface area contributed by atoms with Crippen LogP contribution in [0, 0.1) is 5.82 Å². The number of anilines is 2. The first-order chi connectivity index (χ1) is 14.0. The molecular formula is C21H23F2N5O. The van der Waals surface area contributed by atoms with E-state index < -0.39 is 12.0 Å². The molecule has 1 saturated heterocycles. The molecular weight excluding hydrogens is 376 g/mol. The molecule has 8 heteroatoms. The Morgan fingerprint density at radius 2 is 2.10 bits per heavy atom. The van der Waals surface area contributed by atoms with Gasteiger partial charge in [-0.1, -0.05) is 6.92 Å². The van der Waals surface area contributed by atoms with E-state index in [4.69, 9.17) is 10.5 Å². The Balaban J connectivity index is 1.54. The normalized spacial score (nSPS) is 20.0. The van der Waals surface area contributed by atoms with E-state index in [1.54, 1.807) is 30.6 Å². The van der Waals surface area contributed by atoms with Crippen molar-refractivity contribution < 1.29 is 13.5 Å². The highest BCUT2D eigenvalue weighted by molar-refractivity contribution is 5.86. The maximum absolute atomic E-state index is 14.4. The van der Waals surface area contributed by atoms with Crippen molar-refractivity contribution in [2.24, 2.45) is 0 Å². The molecule has 2 aromatic heterocycles. The van der Waals surface area contributed by atoms with E-state index in [1.807, 2.05) is 6.92 Å². The third kappa shape index (κ3) is 4.22. The van der Waals surface area contributed by atoms with Gasteiger partial charge in [-0.25, -0.2) is 13.8 Å². The Morgan fingerprint density at radius 3 is 2.86 bits per heavy atom. The molecule has 0 spiro atoms. The second kappa shape index (κ2) is 8.16. The second-order valence-electron chi connectivity index (χ2n) is 7.14. The van der Waals surface area contributed by atoms with E-state index in [2.05, 4.69) is 20.2 Å². The number of benzene rings is 1. The number of pyridine rings is 2. The van der Waals surface area contributed by atoms with Crippen LogP contribution < -0.4 is 15.8 Å². The molecule has 29 heavy (non-hydrogen) atoms. The topological polar surface area (TPSA) is 76.3 Å². The minimum atomic E-state index is -0.961. The van der Waals surface area contributed by atoms with Gasteiger partial charge in [-0.3, -0.25) is 4.98 Å². The molecule has 0 bridgehead atoms. The maximum atomic E-state index is 14.4. The Kier molecular flexibility index (Phi) is 5.44. The van der Waals surface area contributed by atoms with Crippen molar-refractivity contribution in [3.63, 3.8) is 0 Å². The number of alkyl halides is 1. The summed E-state index contributed by atoms with van der Waals surface area (Å²) in [7, 11) is 0. The summed E-state index contributed by atoms with van der Waals surface area (Å²) in [5.74, 6) is 0.501. The van der Waals surface area contributed by atoms with Crippen LogP contribution >= 0.6 is 0 Å². The number of piperidine rings is 1. The first kappa shape index (κ1) is 19.3. The molecule has 1 aliphatic heterocycles. The van der Waals surface area contributed by atoms with Gasteiger partial charge in [-0.2, -0.15) is 0 Å². The fourth-order valence-corrected chi connectivity index (χ4v) is 3.51. The monoisotopic (exact) mass is 399 g/mol. The number of fused-ring (bicyclic) bond motifs is 1. The smallest absolute Gasteiger partial charge is 0.167 e. The quantitative estimate of drug-likeness (QED) is 0.632. The van der Waals surface area contributed by atoms with Crippen LogP contribution in [0.5, 0.6) is 11.5 Å². The molecule has 152 valence electrons. The molecule has 0 radical (unpaired) electrons. The van der Waals surface area contributed by atoms with E-state index in [1.165, 1.54) is 12.1 Å².